The molecule has 1 atom stereocenters. The molecular weight excluding hydrogens is 399 g/mol. The van der Waals surface area contributed by atoms with Crippen molar-refractivity contribution in [3.8, 4) is 17.4 Å². The van der Waals surface area contributed by atoms with Crippen LogP contribution in [0.3, 0.4) is 0 Å². The molecule has 0 aliphatic heterocycles. The van der Waals surface area contributed by atoms with Crippen LogP contribution in [0.2, 0.25) is 5.02 Å². The van der Waals surface area contributed by atoms with Crippen LogP contribution < -0.4 is 9.47 Å². The fourth-order valence-corrected chi connectivity index (χ4v) is 2.22. The summed E-state index contributed by atoms with van der Waals surface area (Å²) >= 11 is 5.81. The average molecular weight is 416 g/mol. The van der Waals surface area contributed by atoms with Gasteiger partial charge in [-0.25, -0.2) is 9.78 Å². The second-order valence-electron chi connectivity index (χ2n) is 5.52. The van der Waals surface area contributed by atoms with Crippen LogP contribution in [0, 0.1) is 0 Å². The van der Waals surface area contributed by atoms with Crippen LogP contribution in [0.25, 0.3) is 0 Å². The van der Waals surface area contributed by atoms with Gasteiger partial charge in [0.15, 0.2) is 0 Å². The van der Waals surface area contributed by atoms with Crippen molar-refractivity contribution in [2.45, 2.75) is 26.1 Å². The summed E-state index contributed by atoms with van der Waals surface area (Å²) in [7, 11) is 0. The molecule has 0 amide bonds. The average Bonchev–Trinajstić information content (AvgIpc) is 2.62. The summed E-state index contributed by atoms with van der Waals surface area (Å²) in [5, 5.41) is -0.257. The highest BCUT2D eigenvalue weighted by molar-refractivity contribution is 6.31. The molecule has 0 aliphatic carbocycles. The van der Waals surface area contributed by atoms with Gasteiger partial charge in [-0.15, -0.1) is 0 Å². The molecule has 1 heterocycles. The molecule has 2 aromatic rings. The molecule has 28 heavy (non-hydrogen) atoms. The van der Waals surface area contributed by atoms with Crippen LogP contribution in [0.4, 0.5) is 13.2 Å². The summed E-state index contributed by atoms with van der Waals surface area (Å²) < 4.78 is 53.7. The maximum atomic E-state index is 12.6. The number of rotatable bonds is 7. The van der Waals surface area contributed by atoms with E-state index in [0.717, 1.165) is 6.07 Å². The third-order valence-electron chi connectivity index (χ3n) is 3.28. The van der Waals surface area contributed by atoms with Gasteiger partial charge < -0.3 is 14.2 Å². The summed E-state index contributed by atoms with van der Waals surface area (Å²) in [5.74, 6) is 0.216. The van der Waals surface area contributed by atoms with Crippen molar-refractivity contribution in [2.24, 2.45) is 0 Å². The Morgan fingerprint density at radius 2 is 1.89 bits per heavy atom. The Morgan fingerprint density at radius 3 is 2.46 bits per heavy atom. The zero-order valence-corrected chi connectivity index (χ0v) is 15.8. The standard InChI is InChI=1S/C19H17ClF3NO4/c1-3-26-17(25)9-4-12(2)27-14-5-7-15(8-6-14)28-18-16(20)10-13(11-24-18)19(21,22)23/h4-12H,3H2,1-2H3. The van der Waals surface area contributed by atoms with E-state index in [1.54, 1.807) is 44.2 Å². The number of aromatic nitrogens is 1. The quantitative estimate of drug-likeness (QED) is 0.445. The van der Waals surface area contributed by atoms with E-state index < -0.39 is 17.7 Å². The maximum Gasteiger partial charge on any atom is 0.417 e. The Kier molecular flexibility index (Phi) is 7.28. The molecule has 1 aromatic carbocycles. The van der Waals surface area contributed by atoms with Crippen LogP contribution >= 0.6 is 11.6 Å². The number of ether oxygens (including phenoxy) is 3. The molecular formula is C19H17ClF3NO4. The number of carbonyl (C=O) groups excluding carboxylic acids is 1. The summed E-state index contributed by atoms with van der Waals surface area (Å²) in [6.45, 7) is 3.74. The van der Waals surface area contributed by atoms with Gasteiger partial charge >= 0.3 is 12.1 Å². The number of benzene rings is 1. The highest BCUT2D eigenvalue weighted by atomic mass is 35.5. The zero-order chi connectivity index (χ0) is 20.7. The molecule has 0 fully saturated rings. The smallest absolute Gasteiger partial charge is 0.417 e. The Balaban J connectivity index is 1.98. The lowest BCUT2D eigenvalue weighted by molar-refractivity contribution is -0.138. The minimum atomic E-state index is -4.54. The van der Waals surface area contributed by atoms with Crippen molar-refractivity contribution in [1.29, 1.82) is 0 Å². The normalized spacial score (nSPS) is 12.6. The number of halogens is 4. The second-order valence-corrected chi connectivity index (χ2v) is 5.92. The lowest BCUT2D eigenvalue weighted by Gasteiger charge is -2.12. The molecule has 1 unspecified atom stereocenters. The molecule has 9 heteroatoms. The van der Waals surface area contributed by atoms with Gasteiger partial charge in [0.05, 0.1) is 12.2 Å². The Labute approximate surface area is 164 Å². The van der Waals surface area contributed by atoms with Crippen molar-refractivity contribution in [3.05, 3.63) is 59.3 Å². The Hall–Kier alpha value is -2.74. The van der Waals surface area contributed by atoms with Crippen molar-refractivity contribution >= 4 is 17.6 Å². The van der Waals surface area contributed by atoms with Gasteiger partial charge in [0.2, 0.25) is 5.88 Å². The number of hydrogen-bond acceptors (Lipinski definition) is 5. The lowest BCUT2D eigenvalue weighted by Crippen LogP contribution is -2.09. The molecule has 0 spiro atoms. The molecule has 1 aromatic heterocycles. The minimum absolute atomic E-state index is 0.144. The van der Waals surface area contributed by atoms with Crippen molar-refractivity contribution in [1.82, 2.24) is 4.98 Å². The highest BCUT2D eigenvalue weighted by Crippen LogP contribution is 2.34. The Morgan fingerprint density at radius 1 is 1.25 bits per heavy atom. The highest BCUT2D eigenvalue weighted by Gasteiger charge is 2.31. The van der Waals surface area contributed by atoms with Crippen molar-refractivity contribution in [3.63, 3.8) is 0 Å². The molecule has 0 N–H and O–H groups in total. The largest absolute Gasteiger partial charge is 0.487 e. The second kappa shape index (κ2) is 9.45. The monoisotopic (exact) mass is 415 g/mol. The number of carbonyl (C=O) groups is 1. The summed E-state index contributed by atoms with van der Waals surface area (Å²) in [6, 6.07) is 7.04. The molecule has 0 radical (unpaired) electrons. The topological polar surface area (TPSA) is 57.7 Å². The van der Waals surface area contributed by atoms with E-state index in [4.69, 9.17) is 25.8 Å². The number of nitrogens with zero attached hydrogens (tertiary/aromatic N) is 1. The van der Waals surface area contributed by atoms with E-state index in [0.29, 0.717) is 17.7 Å². The van der Waals surface area contributed by atoms with Crippen LogP contribution in [0.1, 0.15) is 19.4 Å². The first kappa shape index (κ1) is 21.6. The number of alkyl halides is 3. The van der Waals surface area contributed by atoms with Crippen LogP contribution in [0.15, 0.2) is 48.7 Å². The first-order chi connectivity index (χ1) is 13.2. The first-order valence-corrected chi connectivity index (χ1v) is 8.59. The maximum absolute atomic E-state index is 12.6. The zero-order valence-electron chi connectivity index (χ0n) is 15.0. The number of pyridine rings is 1. The van der Waals surface area contributed by atoms with Gasteiger partial charge in [0.1, 0.15) is 22.6 Å². The van der Waals surface area contributed by atoms with E-state index in [1.807, 2.05) is 0 Å². The van der Waals surface area contributed by atoms with Crippen LogP contribution in [0.5, 0.6) is 17.4 Å². The molecule has 0 bridgehead atoms. The summed E-state index contributed by atoms with van der Waals surface area (Å²) in [5.41, 5.74) is -0.960. The fourth-order valence-electron chi connectivity index (χ4n) is 2.01. The molecule has 150 valence electrons. The van der Waals surface area contributed by atoms with E-state index in [-0.39, 0.29) is 23.6 Å². The summed E-state index contributed by atoms with van der Waals surface area (Å²) in [4.78, 5) is 14.9. The van der Waals surface area contributed by atoms with Crippen molar-refractivity contribution < 1.29 is 32.2 Å². The molecule has 0 saturated heterocycles. The molecule has 0 aliphatic rings. The van der Waals surface area contributed by atoms with E-state index in [1.165, 1.54) is 6.08 Å². The van der Waals surface area contributed by atoms with E-state index in [2.05, 4.69) is 4.98 Å². The fraction of sp³-hybridized carbons (Fsp3) is 0.263. The first-order valence-electron chi connectivity index (χ1n) is 8.21. The van der Waals surface area contributed by atoms with Crippen LogP contribution in [-0.4, -0.2) is 23.7 Å². The van der Waals surface area contributed by atoms with Gasteiger partial charge in [0.25, 0.3) is 0 Å². The summed E-state index contributed by atoms with van der Waals surface area (Å²) in [6.07, 6.45) is -1.44. The molecule has 2 rings (SSSR count). The van der Waals surface area contributed by atoms with Gasteiger partial charge in [-0.05, 0) is 50.3 Å². The molecule has 0 saturated carbocycles. The Bertz CT molecular complexity index is 838. The van der Waals surface area contributed by atoms with Gasteiger partial charge in [0, 0.05) is 12.3 Å². The molecule has 5 nitrogen and oxygen atoms in total. The van der Waals surface area contributed by atoms with E-state index >= 15 is 0 Å². The van der Waals surface area contributed by atoms with Gasteiger partial charge in [-0.2, -0.15) is 13.2 Å². The predicted octanol–water partition coefficient (Wildman–Crippen LogP) is 5.43. The predicted molar refractivity (Wildman–Crippen MR) is 96.6 cm³/mol. The van der Waals surface area contributed by atoms with Gasteiger partial charge in [-0.1, -0.05) is 11.6 Å². The number of hydrogen-bond donors (Lipinski definition) is 0. The third kappa shape index (κ3) is 6.45. The van der Waals surface area contributed by atoms with Crippen molar-refractivity contribution in [2.75, 3.05) is 6.61 Å². The SMILES string of the molecule is CCOC(=O)C=CC(C)Oc1ccc(Oc2ncc(C(F)(F)F)cc2Cl)cc1. The lowest BCUT2D eigenvalue weighted by atomic mass is 10.3. The third-order valence-corrected chi connectivity index (χ3v) is 3.56. The number of esters is 1. The minimum Gasteiger partial charge on any atom is -0.487 e. The van der Waals surface area contributed by atoms with E-state index in [9.17, 15) is 18.0 Å². The van der Waals surface area contributed by atoms with Gasteiger partial charge in [-0.3, -0.25) is 0 Å². The van der Waals surface area contributed by atoms with Crippen LogP contribution in [-0.2, 0) is 15.7 Å².